The van der Waals surface area contributed by atoms with Crippen LogP contribution >= 0.6 is 11.3 Å². The number of aryl methyl sites for hydroxylation is 2. The Hall–Kier alpha value is -1.89. The SMILES string of the molecule is Cc1nc2sc(Cn3nc(CF)cc3C)cn2c1N. The predicted octanol–water partition coefficient (Wildman–Crippen LogP) is 2.31. The molecule has 0 saturated heterocycles. The van der Waals surface area contributed by atoms with E-state index in [-0.39, 0.29) is 0 Å². The first-order valence-electron chi connectivity index (χ1n) is 5.90. The van der Waals surface area contributed by atoms with Crippen LogP contribution in [0.5, 0.6) is 0 Å². The van der Waals surface area contributed by atoms with Gasteiger partial charge in [0.15, 0.2) is 4.96 Å². The number of thiazole rings is 1. The average Bonchev–Trinajstić information content (AvgIpc) is 2.99. The lowest BCUT2D eigenvalue weighted by Crippen LogP contribution is -2.03. The van der Waals surface area contributed by atoms with E-state index in [1.807, 2.05) is 24.4 Å². The van der Waals surface area contributed by atoms with Crippen molar-refractivity contribution < 1.29 is 4.39 Å². The minimum Gasteiger partial charge on any atom is -0.383 e. The number of fused-ring (bicyclic) bond motifs is 1. The lowest BCUT2D eigenvalue weighted by molar-refractivity contribution is 0.469. The number of halogens is 1. The third kappa shape index (κ3) is 1.99. The number of anilines is 1. The molecule has 3 rings (SSSR count). The van der Waals surface area contributed by atoms with Gasteiger partial charge in [-0.15, -0.1) is 0 Å². The molecule has 0 radical (unpaired) electrons. The minimum atomic E-state index is -0.534. The molecule has 0 unspecified atom stereocenters. The van der Waals surface area contributed by atoms with E-state index >= 15 is 0 Å². The van der Waals surface area contributed by atoms with E-state index in [1.54, 1.807) is 22.1 Å². The summed E-state index contributed by atoms with van der Waals surface area (Å²) in [5.74, 6) is 0.666. The highest BCUT2D eigenvalue weighted by atomic mass is 32.1. The highest BCUT2D eigenvalue weighted by molar-refractivity contribution is 7.17. The normalized spacial score (nSPS) is 11.5. The molecule has 0 fully saturated rings. The molecule has 0 aromatic carbocycles. The zero-order chi connectivity index (χ0) is 13.6. The van der Waals surface area contributed by atoms with Crippen molar-refractivity contribution in [1.29, 1.82) is 0 Å². The molecule has 0 amide bonds. The lowest BCUT2D eigenvalue weighted by Gasteiger charge is -2.00. The Balaban J connectivity index is 1.94. The summed E-state index contributed by atoms with van der Waals surface area (Å²) in [6, 6.07) is 1.76. The molecule has 0 aliphatic carbocycles. The fourth-order valence-electron chi connectivity index (χ4n) is 2.04. The van der Waals surface area contributed by atoms with Gasteiger partial charge in [-0.1, -0.05) is 11.3 Å². The van der Waals surface area contributed by atoms with Crippen molar-refractivity contribution in [2.75, 3.05) is 5.73 Å². The molecule has 0 aliphatic rings. The van der Waals surface area contributed by atoms with Crippen LogP contribution in [0.2, 0.25) is 0 Å². The summed E-state index contributed by atoms with van der Waals surface area (Å²) in [5, 5.41) is 4.21. The van der Waals surface area contributed by atoms with Crippen LogP contribution in [0.3, 0.4) is 0 Å². The second kappa shape index (κ2) is 4.34. The first kappa shape index (κ1) is 12.2. The van der Waals surface area contributed by atoms with E-state index < -0.39 is 6.67 Å². The van der Waals surface area contributed by atoms with E-state index in [4.69, 9.17) is 5.73 Å². The van der Waals surface area contributed by atoms with Gasteiger partial charge in [-0.25, -0.2) is 9.37 Å². The van der Waals surface area contributed by atoms with E-state index in [0.29, 0.717) is 18.1 Å². The van der Waals surface area contributed by atoms with Crippen LogP contribution in [-0.4, -0.2) is 19.2 Å². The Bertz CT molecular complexity index is 739. The van der Waals surface area contributed by atoms with Gasteiger partial charge in [0.25, 0.3) is 0 Å². The van der Waals surface area contributed by atoms with Crippen LogP contribution in [0.4, 0.5) is 10.2 Å². The summed E-state index contributed by atoms with van der Waals surface area (Å²) in [6.45, 7) is 3.88. The standard InChI is InChI=1S/C12H14FN5S/c1-7-3-9(4-13)16-18(7)6-10-5-17-11(14)8(2)15-12(17)19-10/h3,5H,4,6,14H2,1-2H3. The molecule has 0 aliphatic heterocycles. The number of rotatable bonds is 3. The first-order chi connectivity index (χ1) is 9.08. The van der Waals surface area contributed by atoms with Crippen molar-refractivity contribution in [2.24, 2.45) is 0 Å². The number of nitrogen functional groups attached to an aromatic ring is 1. The van der Waals surface area contributed by atoms with Crippen LogP contribution in [0, 0.1) is 13.8 Å². The van der Waals surface area contributed by atoms with Gasteiger partial charge in [-0.05, 0) is 19.9 Å². The van der Waals surface area contributed by atoms with Crippen molar-refractivity contribution in [2.45, 2.75) is 27.1 Å². The summed E-state index contributed by atoms with van der Waals surface area (Å²) in [4.78, 5) is 6.35. The topological polar surface area (TPSA) is 61.1 Å². The van der Waals surface area contributed by atoms with Crippen molar-refractivity contribution in [1.82, 2.24) is 19.2 Å². The van der Waals surface area contributed by atoms with Gasteiger partial charge in [0, 0.05) is 16.8 Å². The molecule has 3 heterocycles. The Kier molecular flexibility index (Phi) is 2.78. The number of imidazole rings is 1. The summed E-state index contributed by atoms with van der Waals surface area (Å²) >= 11 is 1.57. The van der Waals surface area contributed by atoms with Crippen LogP contribution in [0.1, 0.15) is 22.0 Å². The first-order valence-corrected chi connectivity index (χ1v) is 6.72. The van der Waals surface area contributed by atoms with Gasteiger partial charge >= 0.3 is 0 Å². The molecule has 5 nitrogen and oxygen atoms in total. The molecule has 19 heavy (non-hydrogen) atoms. The zero-order valence-corrected chi connectivity index (χ0v) is 11.5. The smallest absolute Gasteiger partial charge is 0.195 e. The van der Waals surface area contributed by atoms with Crippen molar-refractivity contribution in [3.63, 3.8) is 0 Å². The van der Waals surface area contributed by atoms with E-state index in [2.05, 4.69) is 10.1 Å². The van der Waals surface area contributed by atoms with Gasteiger partial charge in [0.1, 0.15) is 12.5 Å². The number of nitrogens with zero attached hydrogens (tertiary/aromatic N) is 4. The van der Waals surface area contributed by atoms with Gasteiger partial charge < -0.3 is 5.73 Å². The van der Waals surface area contributed by atoms with Crippen LogP contribution in [0.25, 0.3) is 4.96 Å². The second-order valence-electron chi connectivity index (χ2n) is 4.50. The van der Waals surface area contributed by atoms with Gasteiger partial charge in [0.2, 0.25) is 0 Å². The van der Waals surface area contributed by atoms with Crippen LogP contribution < -0.4 is 5.73 Å². The van der Waals surface area contributed by atoms with Crippen LogP contribution in [0.15, 0.2) is 12.3 Å². The molecule has 0 saturated carbocycles. The minimum absolute atomic E-state index is 0.467. The molecular formula is C12H14FN5S. The Labute approximate surface area is 113 Å². The average molecular weight is 279 g/mol. The molecule has 2 N–H and O–H groups in total. The number of alkyl halides is 1. The molecule has 3 aromatic rings. The Morgan fingerprint density at radius 1 is 1.42 bits per heavy atom. The fraction of sp³-hybridized carbons (Fsp3) is 0.333. The molecule has 0 atom stereocenters. The fourth-order valence-corrected chi connectivity index (χ4v) is 3.05. The molecular weight excluding hydrogens is 265 g/mol. The maximum Gasteiger partial charge on any atom is 0.195 e. The number of aromatic nitrogens is 4. The number of hydrogen-bond donors (Lipinski definition) is 1. The van der Waals surface area contributed by atoms with Gasteiger partial charge in [0.05, 0.1) is 17.9 Å². The number of hydrogen-bond acceptors (Lipinski definition) is 4. The summed E-state index contributed by atoms with van der Waals surface area (Å²) in [6.07, 6.45) is 1.96. The summed E-state index contributed by atoms with van der Waals surface area (Å²) < 4.78 is 16.2. The van der Waals surface area contributed by atoms with Crippen LogP contribution in [-0.2, 0) is 13.2 Å². The molecule has 100 valence electrons. The summed E-state index contributed by atoms with van der Waals surface area (Å²) in [7, 11) is 0. The van der Waals surface area contributed by atoms with Gasteiger partial charge in [-0.2, -0.15) is 5.10 Å². The molecule has 0 bridgehead atoms. The van der Waals surface area contributed by atoms with E-state index in [9.17, 15) is 4.39 Å². The predicted molar refractivity (Wildman–Crippen MR) is 73.1 cm³/mol. The van der Waals surface area contributed by atoms with E-state index in [1.165, 1.54) is 0 Å². The van der Waals surface area contributed by atoms with E-state index in [0.717, 1.165) is 21.2 Å². The van der Waals surface area contributed by atoms with Crippen molar-refractivity contribution in [3.05, 3.63) is 34.2 Å². The third-order valence-electron chi connectivity index (χ3n) is 3.07. The highest BCUT2D eigenvalue weighted by Gasteiger charge is 2.11. The Morgan fingerprint density at radius 3 is 2.84 bits per heavy atom. The van der Waals surface area contributed by atoms with Crippen molar-refractivity contribution in [3.8, 4) is 0 Å². The maximum absolute atomic E-state index is 12.6. The summed E-state index contributed by atoms with van der Waals surface area (Å²) in [5.41, 5.74) is 8.19. The number of nitrogens with two attached hydrogens (primary N) is 1. The highest BCUT2D eigenvalue weighted by Crippen LogP contribution is 2.23. The van der Waals surface area contributed by atoms with Gasteiger partial charge in [-0.3, -0.25) is 9.08 Å². The Morgan fingerprint density at radius 2 is 2.21 bits per heavy atom. The zero-order valence-electron chi connectivity index (χ0n) is 10.7. The maximum atomic E-state index is 12.6. The third-order valence-corrected chi connectivity index (χ3v) is 4.04. The molecule has 0 spiro atoms. The molecule has 7 heteroatoms. The quantitative estimate of drug-likeness (QED) is 0.800. The monoisotopic (exact) mass is 279 g/mol. The van der Waals surface area contributed by atoms with Crippen molar-refractivity contribution >= 4 is 22.1 Å². The molecule has 3 aromatic heterocycles. The second-order valence-corrected chi connectivity index (χ2v) is 5.59. The lowest BCUT2D eigenvalue weighted by atomic mass is 10.4. The largest absolute Gasteiger partial charge is 0.383 e.